The number of likely N-dealkylation sites (tertiary alicyclic amines) is 1. The molecule has 254 valence electrons. The predicted molar refractivity (Wildman–Crippen MR) is 169 cm³/mol. The molecule has 0 bridgehead atoms. The summed E-state index contributed by atoms with van der Waals surface area (Å²) >= 11 is 0. The van der Waals surface area contributed by atoms with E-state index in [0.717, 1.165) is 19.3 Å². The summed E-state index contributed by atoms with van der Waals surface area (Å²) in [6.07, 6.45) is 8.90. The molecule has 13 nitrogen and oxygen atoms in total. The maximum atomic E-state index is 14.6. The van der Waals surface area contributed by atoms with Crippen molar-refractivity contribution in [2.45, 2.75) is 108 Å². The van der Waals surface area contributed by atoms with Crippen LogP contribution in [0, 0.1) is 27.6 Å². The fraction of sp³-hybridized carbons (Fsp3) is 0.742. The van der Waals surface area contributed by atoms with Gasteiger partial charge in [0.15, 0.2) is 0 Å². The van der Waals surface area contributed by atoms with Crippen LogP contribution in [0.5, 0.6) is 0 Å². The number of nitrogens with zero attached hydrogens (tertiary/aromatic N) is 3. The van der Waals surface area contributed by atoms with E-state index in [1.807, 2.05) is 0 Å². The standard InChI is InChI=1S/C31H46N6O7S2/c1-8-19-16-31(19,25(40)35-45(41,42)20-10-11-20)33-23(38)21-17-30(28(5,6)29(30)12-9-13-29)18-37(21)24(39)22(27(2,3)4)34-46(43,44)26-32-14-15-36(26)7/h8,14-15,19-22,34H,1,9-13,16-18H2,2-7H3,(H,33,38)(H,35,40)/t19-,21+,22-,30-,31-/m1/s1. The van der Waals surface area contributed by atoms with E-state index in [1.165, 1.54) is 27.9 Å². The Hall–Kier alpha value is -2.78. The zero-order chi connectivity index (χ0) is 33.9. The van der Waals surface area contributed by atoms with E-state index in [-0.39, 0.29) is 34.4 Å². The Labute approximate surface area is 271 Å². The molecule has 15 heteroatoms. The molecule has 1 saturated heterocycles. The van der Waals surface area contributed by atoms with Crippen LogP contribution in [-0.2, 0) is 41.5 Å². The third kappa shape index (κ3) is 4.69. The summed E-state index contributed by atoms with van der Waals surface area (Å²) in [5.74, 6) is -2.39. The molecule has 0 radical (unpaired) electrons. The van der Waals surface area contributed by atoms with Crippen molar-refractivity contribution >= 4 is 37.8 Å². The molecule has 5 aliphatic rings. The average molecular weight is 679 g/mol. The van der Waals surface area contributed by atoms with E-state index in [0.29, 0.717) is 19.3 Å². The minimum Gasteiger partial charge on any atom is -0.339 e. The minimum atomic E-state index is -4.22. The second kappa shape index (κ2) is 10.1. The quantitative estimate of drug-likeness (QED) is 0.313. The lowest BCUT2D eigenvalue weighted by Gasteiger charge is -2.35. The van der Waals surface area contributed by atoms with Crippen molar-refractivity contribution in [3.63, 3.8) is 0 Å². The van der Waals surface area contributed by atoms with Crippen molar-refractivity contribution in [1.29, 1.82) is 0 Å². The summed E-state index contributed by atoms with van der Waals surface area (Å²) in [5, 5.41) is 2.00. The van der Waals surface area contributed by atoms with Crippen molar-refractivity contribution in [1.82, 2.24) is 29.2 Å². The number of amides is 3. The molecule has 4 saturated carbocycles. The van der Waals surface area contributed by atoms with E-state index in [9.17, 15) is 31.2 Å². The van der Waals surface area contributed by atoms with E-state index in [4.69, 9.17) is 0 Å². The van der Waals surface area contributed by atoms with Gasteiger partial charge in [0.1, 0.15) is 17.6 Å². The first kappa shape index (κ1) is 33.1. The molecule has 3 amide bonds. The number of carbonyl (C=O) groups excluding carboxylic acids is 3. The molecule has 1 aliphatic heterocycles. The molecule has 2 spiro atoms. The first-order valence-corrected chi connectivity index (χ1v) is 19.0. The zero-order valence-corrected chi connectivity index (χ0v) is 29.1. The van der Waals surface area contributed by atoms with Gasteiger partial charge < -0.3 is 14.8 Å². The van der Waals surface area contributed by atoms with Crippen LogP contribution in [0.25, 0.3) is 0 Å². The van der Waals surface area contributed by atoms with Gasteiger partial charge in [-0.05, 0) is 54.8 Å². The predicted octanol–water partition coefficient (Wildman–Crippen LogP) is 1.58. The highest BCUT2D eigenvalue weighted by Crippen LogP contribution is 2.88. The molecular weight excluding hydrogens is 633 g/mol. The van der Waals surface area contributed by atoms with Crippen LogP contribution in [-0.4, -0.2) is 78.4 Å². The van der Waals surface area contributed by atoms with E-state index in [1.54, 1.807) is 27.8 Å². The summed E-state index contributed by atoms with van der Waals surface area (Å²) in [4.78, 5) is 47.8. The number of carbonyl (C=O) groups is 3. The van der Waals surface area contributed by atoms with Crippen LogP contribution >= 0.6 is 0 Å². The molecule has 0 unspecified atom stereocenters. The van der Waals surface area contributed by atoms with Crippen LogP contribution in [0.2, 0.25) is 0 Å². The van der Waals surface area contributed by atoms with Crippen molar-refractivity contribution < 1.29 is 31.2 Å². The molecule has 6 rings (SSSR count). The maximum absolute atomic E-state index is 14.6. The molecule has 1 aromatic rings. The Morgan fingerprint density at radius 3 is 2.20 bits per heavy atom. The van der Waals surface area contributed by atoms with Gasteiger partial charge in [0, 0.05) is 37.3 Å². The molecule has 5 fully saturated rings. The van der Waals surface area contributed by atoms with Crippen LogP contribution in [0.4, 0.5) is 0 Å². The zero-order valence-electron chi connectivity index (χ0n) is 27.4. The van der Waals surface area contributed by atoms with Gasteiger partial charge in [0.2, 0.25) is 27.0 Å². The van der Waals surface area contributed by atoms with Crippen LogP contribution < -0.4 is 14.8 Å². The summed E-state index contributed by atoms with van der Waals surface area (Å²) in [6.45, 7) is 13.7. The molecule has 1 aromatic heterocycles. The van der Waals surface area contributed by atoms with Crippen LogP contribution in [0.3, 0.4) is 0 Å². The van der Waals surface area contributed by atoms with Gasteiger partial charge >= 0.3 is 0 Å². The van der Waals surface area contributed by atoms with Crippen LogP contribution in [0.1, 0.15) is 79.6 Å². The lowest BCUT2D eigenvalue weighted by atomic mass is 9.73. The van der Waals surface area contributed by atoms with E-state index >= 15 is 0 Å². The summed E-state index contributed by atoms with van der Waals surface area (Å²) in [6, 6.07) is -2.23. The maximum Gasteiger partial charge on any atom is 0.275 e. The topological polar surface area (TPSA) is 177 Å². The Bertz CT molecular complexity index is 1720. The Kier molecular flexibility index (Phi) is 7.28. The third-order valence-corrected chi connectivity index (χ3v) is 15.3. The van der Waals surface area contributed by atoms with Gasteiger partial charge in [0.25, 0.3) is 15.9 Å². The largest absolute Gasteiger partial charge is 0.339 e. The molecule has 3 N–H and O–H groups in total. The average Bonchev–Trinajstić information content (AvgIpc) is 3.85. The van der Waals surface area contributed by atoms with E-state index in [2.05, 4.69) is 40.2 Å². The van der Waals surface area contributed by atoms with Gasteiger partial charge in [-0.1, -0.05) is 47.1 Å². The summed E-state index contributed by atoms with van der Waals surface area (Å²) in [5.41, 5.74) is -2.94. The molecule has 0 aromatic carbocycles. The number of sulfonamides is 2. The highest BCUT2D eigenvalue weighted by molar-refractivity contribution is 7.91. The van der Waals surface area contributed by atoms with Gasteiger partial charge in [-0.15, -0.1) is 6.58 Å². The minimum absolute atomic E-state index is 0.0338. The number of fused-ring (bicyclic) bond motifs is 1. The normalized spacial score (nSPS) is 31.7. The SMILES string of the molecule is C=C[C@@H]1C[C@]1(NC(=O)[C@@H]1C[C@@]2(CN1C(=O)[C@@H](NS(=O)(=O)c1nccn1C)C(C)(C)C)C(C)(C)C21CCC1)C(=O)NS(=O)(=O)C1CC1. The lowest BCUT2D eigenvalue weighted by Crippen LogP contribution is -2.60. The van der Waals surface area contributed by atoms with Crippen molar-refractivity contribution in [3.05, 3.63) is 25.0 Å². The molecule has 2 heterocycles. The number of aromatic nitrogens is 2. The van der Waals surface area contributed by atoms with Gasteiger partial charge in [-0.2, -0.15) is 4.72 Å². The summed E-state index contributed by atoms with van der Waals surface area (Å²) in [7, 11) is -6.54. The van der Waals surface area contributed by atoms with Gasteiger partial charge in [-0.3, -0.25) is 19.1 Å². The molecule has 5 atom stereocenters. The van der Waals surface area contributed by atoms with Crippen molar-refractivity contribution in [2.75, 3.05) is 6.54 Å². The number of imidazole rings is 1. The van der Waals surface area contributed by atoms with E-state index < -0.39 is 72.0 Å². The Morgan fingerprint density at radius 1 is 1.09 bits per heavy atom. The monoisotopic (exact) mass is 678 g/mol. The second-order valence-electron chi connectivity index (χ2n) is 15.8. The highest BCUT2D eigenvalue weighted by atomic mass is 32.2. The number of rotatable bonds is 10. The fourth-order valence-electron chi connectivity index (χ4n) is 8.67. The molecule has 4 aliphatic carbocycles. The summed E-state index contributed by atoms with van der Waals surface area (Å²) < 4.78 is 58.3. The van der Waals surface area contributed by atoms with Gasteiger partial charge in [-0.25, -0.2) is 21.8 Å². The fourth-order valence-corrected chi connectivity index (χ4v) is 11.5. The Morgan fingerprint density at radius 2 is 1.74 bits per heavy atom. The number of hydrogen-bond acceptors (Lipinski definition) is 8. The number of aryl methyl sites for hydroxylation is 1. The first-order valence-electron chi connectivity index (χ1n) is 16.0. The van der Waals surface area contributed by atoms with Crippen molar-refractivity contribution in [2.24, 2.45) is 34.6 Å². The third-order valence-electron chi connectivity index (χ3n) is 12.0. The molecule has 46 heavy (non-hydrogen) atoms. The highest BCUT2D eigenvalue weighted by Gasteiger charge is 2.85. The smallest absolute Gasteiger partial charge is 0.275 e. The first-order chi connectivity index (χ1) is 21.2. The molecular formula is C31H46N6O7S2. The van der Waals surface area contributed by atoms with Crippen LogP contribution in [0.15, 0.2) is 30.2 Å². The Balaban J connectivity index is 1.32. The number of hydrogen-bond donors (Lipinski definition) is 3. The lowest BCUT2D eigenvalue weighted by molar-refractivity contribution is -0.142. The number of nitrogens with one attached hydrogen (secondary N) is 3. The van der Waals surface area contributed by atoms with Gasteiger partial charge in [0.05, 0.1) is 5.25 Å². The second-order valence-corrected chi connectivity index (χ2v) is 19.3. The van der Waals surface area contributed by atoms with Crippen molar-refractivity contribution in [3.8, 4) is 0 Å².